The summed E-state index contributed by atoms with van der Waals surface area (Å²) in [7, 11) is 0. The number of rotatable bonds is 0. The van der Waals surface area contributed by atoms with Gasteiger partial charge in [0.05, 0.1) is 12.7 Å². The van der Waals surface area contributed by atoms with Gasteiger partial charge in [0.2, 0.25) is 0 Å². The molecule has 104 valence electrons. The molecule has 0 unspecified atom stereocenters. The van der Waals surface area contributed by atoms with Gasteiger partial charge in [0.25, 0.3) is 0 Å². The third kappa shape index (κ3) is 8.29. The minimum absolute atomic E-state index is 0.124. The summed E-state index contributed by atoms with van der Waals surface area (Å²) in [5, 5.41) is 9.68. The second kappa shape index (κ2) is 10.1. The van der Waals surface area contributed by atoms with Crippen molar-refractivity contribution >= 4 is 5.97 Å². The lowest BCUT2D eigenvalue weighted by atomic mass is 10.1. The first kappa shape index (κ1) is 15.2. The molecule has 0 saturated heterocycles. The third-order valence-corrected chi connectivity index (χ3v) is 3.28. The van der Waals surface area contributed by atoms with Gasteiger partial charge in [-0.3, -0.25) is 4.79 Å². The maximum absolute atomic E-state index is 11.3. The van der Waals surface area contributed by atoms with Crippen LogP contribution in [-0.2, 0) is 9.53 Å². The molecular weight excluding hydrogens is 228 g/mol. The molecule has 1 atom stereocenters. The molecule has 0 bridgehead atoms. The Morgan fingerprint density at radius 3 is 2.50 bits per heavy atom. The van der Waals surface area contributed by atoms with E-state index in [1.54, 1.807) is 6.08 Å². The second-order valence-corrected chi connectivity index (χ2v) is 5.02. The van der Waals surface area contributed by atoms with Gasteiger partial charge >= 0.3 is 5.97 Å². The van der Waals surface area contributed by atoms with Crippen LogP contribution in [0.3, 0.4) is 0 Å². The van der Waals surface area contributed by atoms with E-state index in [2.05, 4.69) is 0 Å². The Morgan fingerprint density at radius 2 is 1.72 bits per heavy atom. The minimum Gasteiger partial charge on any atom is -0.466 e. The molecule has 3 nitrogen and oxygen atoms in total. The van der Waals surface area contributed by atoms with Gasteiger partial charge in [0.1, 0.15) is 0 Å². The first-order chi connectivity index (χ1) is 8.79. The van der Waals surface area contributed by atoms with Crippen LogP contribution in [0.15, 0.2) is 12.2 Å². The van der Waals surface area contributed by atoms with Crippen molar-refractivity contribution in [1.82, 2.24) is 0 Å². The fourth-order valence-electron chi connectivity index (χ4n) is 2.15. The number of hydrogen-bond acceptors (Lipinski definition) is 3. The molecule has 0 aromatic carbocycles. The summed E-state index contributed by atoms with van der Waals surface area (Å²) in [6.07, 6.45) is 13.4. The van der Waals surface area contributed by atoms with Crippen molar-refractivity contribution in [3.8, 4) is 0 Å². The molecule has 0 aliphatic carbocycles. The number of cyclic esters (lactones) is 1. The van der Waals surface area contributed by atoms with E-state index < -0.39 is 0 Å². The van der Waals surface area contributed by atoms with Crippen molar-refractivity contribution in [2.45, 2.75) is 70.3 Å². The molecule has 3 heteroatoms. The zero-order valence-corrected chi connectivity index (χ0v) is 11.3. The lowest BCUT2D eigenvalue weighted by Gasteiger charge is -2.07. The van der Waals surface area contributed by atoms with Gasteiger partial charge in [-0.25, -0.2) is 0 Å². The van der Waals surface area contributed by atoms with Crippen LogP contribution in [0.25, 0.3) is 0 Å². The quantitative estimate of drug-likeness (QED) is 0.532. The summed E-state index contributed by atoms with van der Waals surface area (Å²) in [4.78, 5) is 11.3. The number of allylic oxidation sites excluding steroid dienone is 1. The third-order valence-electron chi connectivity index (χ3n) is 3.28. The Morgan fingerprint density at radius 1 is 1.06 bits per heavy atom. The number of hydrogen-bond donors (Lipinski definition) is 1. The van der Waals surface area contributed by atoms with E-state index in [0.29, 0.717) is 19.4 Å². The first-order valence-corrected chi connectivity index (χ1v) is 7.29. The molecule has 0 radical (unpaired) electrons. The molecule has 0 spiro atoms. The van der Waals surface area contributed by atoms with Crippen LogP contribution in [0.5, 0.6) is 0 Å². The van der Waals surface area contributed by atoms with Crippen LogP contribution < -0.4 is 0 Å². The molecule has 1 heterocycles. The lowest BCUT2D eigenvalue weighted by molar-refractivity contribution is -0.143. The van der Waals surface area contributed by atoms with Crippen LogP contribution in [-0.4, -0.2) is 23.8 Å². The normalized spacial score (nSPS) is 27.4. The van der Waals surface area contributed by atoms with Gasteiger partial charge in [-0.05, 0) is 19.3 Å². The predicted molar refractivity (Wildman–Crippen MR) is 72.3 cm³/mol. The zero-order valence-electron chi connectivity index (χ0n) is 11.3. The Balaban J connectivity index is 2.29. The van der Waals surface area contributed by atoms with Crippen molar-refractivity contribution in [1.29, 1.82) is 0 Å². The van der Waals surface area contributed by atoms with E-state index in [-0.39, 0.29) is 12.1 Å². The lowest BCUT2D eigenvalue weighted by Crippen LogP contribution is -2.06. The van der Waals surface area contributed by atoms with Crippen molar-refractivity contribution < 1.29 is 14.6 Å². The number of ether oxygens (including phenoxy) is 1. The molecule has 0 amide bonds. The molecule has 0 saturated carbocycles. The highest BCUT2D eigenvalue weighted by Crippen LogP contribution is 2.11. The van der Waals surface area contributed by atoms with Gasteiger partial charge < -0.3 is 9.84 Å². The Hall–Kier alpha value is -0.830. The Labute approximate surface area is 110 Å². The average molecular weight is 254 g/mol. The summed E-state index contributed by atoms with van der Waals surface area (Å²) < 4.78 is 5.13. The molecule has 0 fully saturated rings. The molecule has 18 heavy (non-hydrogen) atoms. The fraction of sp³-hybridized carbons (Fsp3) is 0.800. The summed E-state index contributed by atoms with van der Waals surface area (Å²) in [6.45, 7) is 0.561. The number of esters is 1. The SMILES string of the molecule is O=C1CC/C=C/[C@@H](O)CCCCCCCCCO1. The molecule has 1 aliphatic rings. The highest BCUT2D eigenvalue weighted by molar-refractivity contribution is 5.69. The highest BCUT2D eigenvalue weighted by atomic mass is 16.5. The molecule has 0 aromatic rings. The molecular formula is C15H26O3. The van der Waals surface area contributed by atoms with Crippen molar-refractivity contribution in [3.05, 3.63) is 12.2 Å². The van der Waals surface area contributed by atoms with E-state index in [9.17, 15) is 9.90 Å². The highest BCUT2D eigenvalue weighted by Gasteiger charge is 2.03. The fourth-order valence-corrected chi connectivity index (χ4v) is 2.15. The predicted octanol–water partition coefficient (Wildman–Crippen LogP) is 3.36. The standard InChI is InChI=1S/C15H26O3/c16-14-10-6-4-2-1-3-5-9-13-18-15(17)12-8-7-11-14/h7,11,14,16H,1-6,8-10,12-13H2/b11-7+/t14-/m0/s1. The van der Waals surface area contributed by atoms with Crippen LogP contribution in [0.1, 0.15) is 64.2 Å². The van der Waals surface area contributed by atoms with Gasteiger partial charge in [0, 0.05) is 6.42 Å². The topological polar surface area (TPSA) is 46.5 Å². The molecule has 1 N–H and O–H groups in total. The van der Waals surface area contributed by atoms with E-state index in [1.807, 2.05) is 6.08 Å². The first-order valence-electron chi connectivity index (χ1n) is 7.29. The summed E-state index contributed by atoms with van der Waals surface area (Å²) >= 11 is 0. The van der Waals surface area contributed by atoms with Crippen LogP contribution >= 0.6 is 0 Å². The van der Waals surface area contributed by atoms with Crippen molar-refractivity contribution in [3.63, 3.8) is 0 Å². The van der Waals surface area contributed by atoms with Crippen LogP contribution in [0.4, 0.5) is 0 Å². The maximum atomic E-state index is 11.3. The second-order valence-electron chi connectivity index (χ2n) is 5.02. The number of carbonyl (C=O) groups is 1. The van der Waals surface area contributed by atoms with Crippen molar-refractivity contribution in [2.75, 3.05) is 6.61 Å². The maximum Gasteiger partial charge on any atom is 0.306 e. The summed E-state index contributed by atoms with van der Waals surface area (Å²) in [6, 6.07) is 0. The molecule has 1 rings (SSSR count). The van der Waals surface area contributed by atoms with E-state index in [0.717, 1.165) is 25.7 Å². The summed E-state index contributed by atoms with van der Waals surface area (Å²) in [5.74, 6) is -0.124. The van der Waals surface area contributed by atoms with Crippen LogP contribution in [0.2, 0.25) is 0 Å². The summed E-state index contributed by atoms with van der Waals surface area (Å²) in [5.41, 5.74) is 0. The molecule has 1 aliphatic heterocycles. The zero-order chi connectivity index (χ0) is 13.1. The number of carbonyl (C=O) groups excluding carboxylic acids is 1. The van der Waals surface area contributed by atoms with Crippen molar-refractivity contribution in [2.24, 2.45) is 0 Å². The number of aliphatic hydroxyl groups excluding tert-OH is 1. The number of aliphatic hydroxyl groups is 1. The van der Waals surface area contributed by atoms with Gasteiger partial charge in [-0.15, -0.1) is 0 Å². The van der Waals surface area contributed by atoms with E-state index >= 15 is 0 Å². The smallest absolute Gasteiger partial charge is 0.306 e. The van der Waals surface area contributed by atoms with E-state index in [4.69, 9.17) is 4.74 Å². The van der Waals surface area contributed by atoms with Crippen LogP contribution in [0, 0.1) is 0 Å². The Kier molecular flexibility index (Phi) is 8.57. The monoisotopic (exact) mass is 254 g/mol. The van der Waals surface area contributed by atoms with Gasteiger partial charge in [-0.2, -0.15) is 0 Å². The van der Waals surface area contributed by atoms with E-state index in [1.165, 1.54) is 25.7 Å². The minimum atomic E-state index is -0.353. The van der Waals surface area contributed by atoms with Gasteiger partial charge in [-0.1, -0.05) is 50.7 Å². The Bertz CT molecular complexity index is 248. The molecule has 0 aromatic heterocycles. The average Bonchev–Trinajstić information content (AvgIpc) is 2.35. The largest absolute Gasteiger partial charge is 0.466 e. The van der Waals surface area contributed by atoms with Gasteiger partial charge in [0.15, 0.2) is 0 Å².